The molecule has 2 aliphatic rings. The van der Waals surface area contributed by atoms with E-state index < -0.39 is 17.1 Å². The molecule has 152 valence electrons. The Morgan fingerprint density at radius 1 is 1.36 bits per heavy atom. The molecule has 1 saturated carbocycles. The molecule has 4 rings (SSSR count). The molecule has 2 unspecified atom stereocenters. The number of fused-ring (bicyclic) bond motifs is 1. The van der Waals surface area contributed by atoms with Gasteiger partial charge in [-0.15, -0.1) is 0 Å². The largest absolute Gasteiger partial charge is 0.493 e. The third kappa shape index (κ3) is 2.80. The van der Waals surface area contributed by atoms with Gasteiger partial charge in [-0.05, 0) is 32.1 Å². The topological polar surface area (TPSA) is 114 Å². The van der Waals surface area contributed by atoms with E-state index in [1.54, 1.807) is 11.5 Å². The molecule has 2 heterocycles. The Bertz CT molecular complexity index is 1040. The number of aromatic amines is 1. The summed E-state index contributed by atoms with van der Waals surface area (Å²) in [5.74, 6) is -0.728. The van der Waals surface area contributed by atoms with Crippen LogP contribution >= 0.6 is 0 Å². The van der Waals surface area contributed by atoms with Gasteiger partial charge in [0.25, 0.3) is 5.56 Å². The first-order valence-corrected chi connectivity index (χ1v) is 9.55. The first-order chi connectivity index (χ1) is 13.4. The molecule has 1 aromatic carbocycles. The van der Waals surface area contributed by atoms with Crippen LogP contribution in [0.5, 0.6) is 5.75 Å². The monoisotopic (exact) mass is 392 g/mol. The molecule has 4 N–H and O–H groups in total. The van der Waals surface area contributed by atoms with Gasteiger partial charge in [-0.1, -0.05) is 0 Å². The number of nitrogens with two attached hydrogens (primary N) is 1. The predicted octanol–water partition coefficient (Wildman–Crippen LogP) is 0.627. The second-order valence-electron chi connectivity index (χ2n) is 7.75. The Balaban J connectivity index is 1.97. The lowest BCUT2D eigenvalue weighted by atomic mass is 10.0. The lowest BCUT2D eigenvalue weighted by Gasteiger charge is -2.26. The molecule has 0 spiro atoms. The molecular formula is C19H25FN4O4. The second-order valence-corrected chi connectivity index (χ2v) is 7.75. The summed E-state index contributed by atoms with van der Waals surface area (Å²) in [4.78, 5) is 29.2. The number of hydrogen-bond acceptors (Lipinski definition) is 6. The normalized spacial score (nSPS) is 20.8. The maximum Gasteiger partial charge on any atom is 0.329 e. The van der Waals surface area contributed by atoms with Crippen molar-refractivity contribution in [3.63, 3.8) is 0 Å². The highest BCUT2D eigenvalue weighted by molar-refractivity contribution is 5.93. The van der Waals surface area contributed by atoms with E-state index in [-0.39, 0.29) is 35.7 Å². The lowest BCUT2D eigenvalue weighted by Crippen LogP contribution is -2.36. The number of halogens is 1. The Morgan fingerprint density at radius 2 is 2.07 bits per heavy atom. The van der Waals surface area contributed by atoms with Crippen molar-refractivity contribution in [1.82, 2.24) is 9.55 Å². The molecule has 0 bridgehead atoms. The molecule has 2 aromatic rings. The zero-order valence-corrected chi connectivity index (χ0v) is 16.0. The Morgan fingerprint density at radius 3 is 2.68 bits per heavy atom. The first-order valence-electron chi connectivity index (χ1n) is 9.55. The van der Waals surface area contributed by atoms with Gasteiger partial charge in [-0.25, -0.2) is 9.18 Å². The fourth-order valence-electron chi connectivity index (χ4n) is 4.36. The van der Waals surface area contributed by atoms with E-state index in [0.29, 0.717) is 29.9 Å². The van der Waals surface area contributed by atoms with E-state index in [2.05, 4.69) is 4.98 Å². The number of methoxy groups -OCH3 is 1. The number of aromatic nitrogens is 2. The smallest absolute Gasteiger partial charge is 0.329 e. The zero-order valence-electron chi connectivity index (χ0n) is 16.0. The van der Waals surface area contributed by atoms with Gasteiger partial charge in [0.1, 0.15) is 5.39 Å². The van der Waals surface area contributed by atoms with Crippen LogP contribution in [0.15, 0.2) is 9.59 Å². The summed E-state index contributed by atoms with van der Waals surface area (Å²) in [7, 11) is 1.32. The fraction of sp³-hybridized carbons (Fsp3) is 0.579. The second kappa shape index (κ2) is 6.89. The van der Waals surface area contributed by atoms with Gasteiger partial charge in [0.2, 0.25) is 0 Å². The molecule has 9 heteroatoms. The zero-order chi connectivity index (χ0) is 20.2. The third-order valence-electron chi connectivity index (χ3n) is 5.96. The SMILES string of the molecule is COc1c(F)c(N2CCC(C(N)CO)C2)c(C)c2c1c(=O)[nH]c(=O)n2C1CC1. The molecule has 1 saturated heterocycles. The van der Waals surface area contributed by atoms with E-state index in [0.717, 1.165) is 19.3 Å². The number of aryl methyl sites for hydroxylation is 1. The third-order valence-corrected chi connectivity index (χ3v) is 5.96. The standard InChI is InChI=1S/C19H25FN4O4/c1-9-15-13(18(26)22-19(27)24(15)11-3-4-11)17(28-2)14(20)16(9)23-6-5-10(7-23)12(21)8-25/h10-12,25H,3-8,21H2,1-2H3,(H,22,26,27). The van der Waals surface area contributed by atoms with Gasteiger partial charge in [-0.3, -0.25) is 14.3 Å². The maximum absolute atomic E-state index is 15.5. The van der Waals surface area contributed by atoms with Crippen LogP contribution in [0.3, 0.4) is 0 Å². The number of aliphatic hydroxyl groups is 1. The van der Waals surface area contributed by atoms with Crippen molar-refractivity contribution >= 4 is 16.6 Å². The van der Waals surface area contributed by atoms with Crippen molar-refractivity contribution in [2.45, 2.75) is 38.3 Å². The number of benzene rings is 1. The van der Waals surface area contributed by atoms with Crippen LogP contribution in [0.2, 0.25) is 0 Å². The van der Waals surface area contributed by atoms with Gasteiger partial charge in [0, 0.05) is 30.7 Å². The van der Waals surface area contributed by atoms with Gasteiger partial charge < -0.3 is 20.5 Å². The molecule has 2 fully saturated rings. The van der Waals surface area contributed by atoms with E-state index in [1.807, 2.05) is 4.90 Å². The Kier molecular flexibility index (Phi) is 4.67. The average molecular weight is 392 g/mol. The number of H-pyrrole nitrogens is 1. The summed E-state index contributed by atoms with van der Waals surface area (Å²) in [6.45, 7) is 2.67. The van der Waals surface area contributed by atoms with Crippen LogP contribution in [-0.2, 0) is 0 Å². The van der Waals surface area contributed by atoms with Gasteiger partial charge in [0.15, 0.2) is 11.6 Å². The maximum atomic E-state index is 15.5. The number of ether oxygens (including phenoxy) is 1. The van der Waals surface area contributed by atoms with Crippen LogP contribution in [-0.4, -0.2) is 47.5 Å². The van der Waals surface area contributed by atoms with Gasteiger partial charge in [-0.2, -0.15) is 0 Å². The first kappa shape index (κ1) is 18.9. The van der Waals surface area contributed by atoms with E-state index in [1.165, 1.54) is 7.11 Å². The molecule has 2 atom stereocenters. The molecular weight excluding hydrogens is 367 g/mol. The molecule has 1 aliphatic carbocycles. The molecule has 0 amide bonds. The van der Waals surface area contributed by atoms with Crippen LogP contribution in [0, 0.1) is 18.7 Å². The van der Waals surface area contributed by atoms with Crippen LogP contribution < -0.4 is 26.6 Å². The minimum absolute atomic E-state index is 0.00250. The van der Waals surface area contributed by atoms with Gasteiger partial charge in [0.05, 0.1) is 24.9 Å². The number of anilines is 1. The summed E-state index contributed by atoms with van der Waals surface area (Å²) in [6, 6.07) is -0.370. The van der Waals surface area contributed by atoms with E-state index >= 15 is 4.39 Å². The lowest BCUT2D eigenvalue weighted by molar-refractivity contribution is 0.233. The molecule has 28 heavy (non-hydrogen) atoms. The van der Waals surface area contributed by atoms with Crippen molar-refractivity contribution in [2.24, 2.45) is 11.7 Å². The summed E-state index contributed by atoms with van der Waals surface area (Å²) < 4.78 is 22.3. The number of nitrogens with zero attached hydrogens (tertiary/aromatic N) is 2. The Labute approximate surface area is 160 Å². The molecule has 8 nitrogen and oxygen atoms in total. The molecule has 0 radical (unpaired) electrons. The van der Waals surface area contributed by atoms with Crippen molar-refractivity contribution in [2.75, 3.05) is 31.7 Å². The fourth-order valence-corrected chi connectivity index (χ4v) is 4.36. The summed E-state index contributed by atoms with van der Waals surface area (Å²) in [5, 5.41) is 9.40. The number of aliphatic hydroxyl groups excluding tert-OH is 1. The van der Waals surface area contributed by atoms with Crippen molar-refractivity contribution in [3.05, 3.63) is 32.2 Å². The summed E-state index contributed by atoms with van der Waals surface area (Å²) in [6.07, 6.45) is 2.41. The highest BCUT2D eigenvalue weighted by Crippen LogP contribution is 2.43. The molecule has 1 aromatic heterocycles. The van der Waals surface area contributed by atoms with E-state index in [9.17, 15) is 14.7 Å². The summed E-state index contributed by atoms with van der Waals surface area (Å²) >= 11 is 0. The minimum Gasteiger partial charge on any atom is -0.493 e. The molecule has 1 aliphatic heterocycles. The quantitative estimate of drug-likeness (QED) is 0.688. The highest BCUT2D eigenvalue weighted by atomic mass is 19.1. The summed E-state index contributed by atoms with van der Waals surface area (Å²) in [5.41, 5.74) is 6.14. The van der Waals surface area contributed by atoms with Crippen molar-refractivity contribution in [3.8, 4) is 5.75 Å². The van der Waals surface area contributed by atoms with Crippen LogP contribution in [0.25, 0.3) is 10.9 Å². The van der Waals surface area contributed by atoms with Crippen LogP contribution in [0.4, 0.5) is 10.1 Å². The average Bonchev–Trinajstić information content (AvgIpc) is 3.38. The number of hydrogen-bond donors (Lipinski definition) is 3. The van der Waals surface area contributed by atoms with Crippen LogP contribution in [0.1, 0.15) is 30.9 Å². The highest BCUT2D eigenvalue weighted by Gasteiger charge is 2.35. The van der Waals surface area contributed by atoms with Crippen molar-refractivity contribution < 1.29 is 14.2 Å². The van der Waals surface area contributed by atoms with Crippen molar-refractivity contribution in [1.29, 1.82) is 0 Å². The predicted molar refractivity (Wildman–Crippen MR) is 104 cm³/mol. The number of nitrogens with one attached hydrogen (secondary N) is 1. The minimum atomic E-state index is -0.649. The van der Waals surface area contributed by atoms with E-state index in [4.69, 9.17) is 10.5 Å². The number of rotatable bonds is 5. The Hall–Kier alpha value is -2.39. The van der Waals surface area contributed by atoms with Gasteiger partial charge >= 0.3 is 5.69 Å².